The number of carbonyl (C=O) groups excluding carboxylic acids is 2. The molecule has 3 N–H and O–H groups in total. The number of hydrogen-bond acceptors (Lipinski definition) is 5. The molecule has 2 amide bonds. The van der Waals surface area contributed by atoms with Gasteiger partial charge in [0.1, 0.15) is 0 Å². The van der Waals surface area contributed by atoms with Gasteiger partial charge in [-0.3, -0.25) is 9.59 Å². The Morgan fingerprint density at radius 1 is 1.03 bits per heavy atom. The fourth-order valence-electron chi connectivity index (χ4n) is 3.15. The molecule has 0 fully saturated rings. The minimum atomic E-state index is -3.39. The summed E-state index contributed by atoms with van der Waals surface area (Å²) in [7, 11) is -3.39. The molecule has 8 heteroatoms. The summed E-state index contributed by atoms with van der Waals surface area (Å²) < 4.78 is 24.1. The predicted octanol–water partition coefficient (Wildman–Crippen LogP) is 3.29. The van der Waals surface area contributed by atoms with E-state index < -0.39 is 9.84 Å². The van der Waals surface area contributed by atoms with Gasteiger partial charge in [-0.15, -0.1) is 0 Å². The molecule has 0 aromatic heterocycles. The Hall–Kier alpha value is -2.87. The van der Waals surface area contributed by atoms with Crippen LogP contribution in [0.1, 0.15) is 41.8 Å². The highest BCUT2D eigenvalue weighted by molar-refractivity contribution is 7.90. The fraction of sp³-hybridized carbons (Fsp3) is 0.364. The van der Waals surface area contributed by atoms with Crippen LogP contribution in [0, 0.1) is 13.8 Å². The van der Waals surface area contributed by atoms with Gasteiger partial charge in [0.15, 0.2) is 9.84 Å². The second-order valence-electron chi connectivity index (χ2n) is 7.39. The Kier molecular flexibility index (Phi) is 7.61. The maximum absolute atomic E-state index is 12.5. The average Bonchev–Trinajstić information content (AvgIpc) is 2.66. The Labute approximate surface area is 178 Å². The SMILES string of the molecule is CCC(C)NC(=O)c1ccccc1NC(=O)CNc1ccc(C)c(S(C)(=O)=O)c1C. The summed E-state index contributed by atoms with van der Waals surface area (Å²) in [6.07, 6.45) is 1.97. The third-order valence-corrected chi connectivity index (χ3v) is 6.22. The van der Waals surface area contributed by atoms with Crippen LogP contribution in [0.5, 0.6) is 0 Å². The Morgan fingerprint density at radius 3 is 2.33 bits per heavy atom. The zero-order valence-electron chi connectivity index (χ0n) is 18.0. The van der Waals surface area contributed by atoms with Crippen molar-refractivity contribution in [3.63, 3.8) is 0 Å². The van der Waals surface area contributed by atoms with Gasteiger partial charge in [-0.05, 0) is 56.5 Å². The normalized spacial score (nSPS) is 12.2. The lowest BCUT2D eigenvalue weighted by Gasteiger charge is -2.16. The molecule has 0 radical (unpaired) electrons. The summed E-state index contributed by atoms with van der Waals surface area (Å²) in [6.45, 7) is 7.26. The van der Waals surface area contributed by atoms with Gasteiger partial charge in [0, 0.05) is 18.0 Å². The van der Waals surface area contributed by atoms with E-state index in [0.29, 0.717) is 28.1 Å². The van der Waals surface area contributed by atoms with Gasteiger partial charge in [-0.25, -0.2) is 8.42 Å². The summed E-state index contributed by atoms with van der Waals surface area (Å²) >= 11 is 0. The first-order valence-electron chi connectivity index (χ1n) is 9.78. The Balaban J connectivity index is 2.13. The third-order valence-electron chi connectivity index (χ3n) is 4.85. The first kappa shape index (κ1) is 23.4. The van der Waals surface area contributed by atoms with Crippen LogP contribution in [-0.2, 0) is 14.6 Å². The van der Waals surface area contributed by atoms with Crippen LogP contribution in [0.15, 0.2) is 41.3 Å². The summed E-state index contributed by atoms with van der Waals surface area (Å²) in [5.74, 6) is -0.597. The zero-order chi connectivity index (χ0) is 22.5. The van der Waals surface area contributed by atoms with Crippen molar-refractivity contribution in [2.75, 3.05) is 23.4 Å². The van der Waals surface area contributed by atoms with Gasteiger partial charge in [0.25, 0.3) is 5.91 Å². The number of aryl methyl sites for hydroxylation is 1. The van der Waals surface area contributed by atoms with E-state index in [2.05, 4.69) is 16.0 Å². The lowest BCUT2D eigenvalue weighted by atomic mass is 10.1. The lowest BCUT2D eigenvalue weighted by Crippen LogP contribution is -2.33. The predicted molar refractivity (Wildman–Crippen MR) is 120 cm³/mol. The number of amides is 2. The molecular formula is C22H29N3O4S. The van der Waals surface area contributed by atoms with Crippen LogP contribution >= 0.6 is 0 Å². The van der Waals surface area contributed by atoms with Crippen molar-refractivity contribution < 1.29 is 18.0 Å². The zero-order valence-corrected chi connectivity index (χ0v) is 18.8. The molecule has 30 heavy (non-hydrogen) atoms. The average molecular weight is 432 g/mol. The molecule has 0 spiro atoms. The molecule has 0 saturated carbocycles. The fourth-order valence-corrected chi connectivity index (χ4v) is 4.47. The molecule has 7 nitrogen and oxygen atoms in total. The second-order valence-corrected chi connectivity index (χ2v) is 9.34. The number of benzene rings is 2. The van der Waals surface area contributed by atoms with Gasteiger partial charge in [-0.2, -0.15) is 0 Å². The van der Waals surface area contributed by atoms with E-state index in [0.717, 1.165) is 6.42 Å². The van der Waals surface area contributed by atoms with Gasteiger partial charge < -0.3 is 16.0 Å². The third kappa shape index (κ3) is 5.82. The van der Waals surface area contributed by atoms with Crippen molar-refractivity contribution in [3.05, 3.63) is 53.1 Å². The molecule has 2 aromatic rings. The maximum atomic E-state index is 12.5. The number of hydrogen-bond donors (Lipinski definition) is 3. The van der Waals surface area contributed by atoms with Crippen molar-refractivity contribution in [2.24, 2.45) is 0 Å². The molecule has 0 aliphatic heterocycles. The van der Waals surface area contributed by atoms with E-state index in [1.54, 1.807) is 50.2 Å². The van der Waals surface area contributed by atoms with E-state index in [1.807, 2.05) is 13.8 Å². The molecule has 0 aliphatic rings. The molecule has 1 unspecified atom stereocenters. The Morgan fingerprint density at radius 2 is 1.70 bits per heavy atom. The molecule has 162 valence electrons. The van der Waals surface area contributed by atoms with Gasteiger partial charge in [0.05, 0.1) is 22.7 Å². The van der Waals surface area contributed by atoms with Crippen LogP contribution in [-0.4, -0.2) is 39.1 Å². The van der Waals surface area contributed by atoms with Gasteiger partial charge in [0.2, 0.25) is 5.91 Å². The van der Waals surface area contributed by atoms with Crippen LogP contribution in [0.2, 0.25) is 0 Å². The first-order valence-corrected chi connectivity index (χ1v) is 11.7. The minimum absolute atomic E-state index is 0.0245. The first-order chi connectivity index (χ1) is 14.0. The van der Waals surface area contributed by atoms with Crippen molar-refractivity contribution in [3.8, 4) is 0 Å². The molecule has 0 bridgehead atoms. The quantitative estimate of drug-likeness (QED) is 0.595. The molecule has 0 saturated heterocycles. The second kappa shape index (κ2) is 9.75. The molecule has 2 rings (SSSR count). The van der Waals surface area contributed by atoms with Crippen LogP contribution in [0.3, 0.4) is 0 Å². The van der Waals surface area contributed by atoms with Crippen molar-refractivity contribution >= 4 is 33.0 Å². The molecule has 0 heterocycles. The summed E-state index contributed by atoms with van der Waals surface area (Å²) in [6, 6.07) is 10.3. The summed E-state index contributed by atoms with van der Waals surface area (Å²) in [5, 5.41) is 8.62. The van der Waals surface area contributed by atoms with E-state index in [1.165, 1.54) is 6.26 Å². The maximum Gasteiger partial charge on any atom is 0.253 e. The highest BCUT2D eigenvalue weighted by Gasteiger charge is 2.18. The smallest absolute Gasteiger partial charge is 0.253 e. The number of nitrogens with one attached hydrogen (secondary N) is 3. The lowest BCUT2D eigenvalue weighted by molar-refractivity contribution is -0.114. The number of para-hydroxylation sites is 1. The van der Waals surface area contributed by atoms with Crippen molar-refractivity contribution in [2.45, 2.75) is 45.1 Å². The van der Waals surface area contributed by atoms with E-state index >= 15 is 0 Å². The molecule has 1 atom stereocenters. The largest absolute Gasteiger partial charge is 0.376 e. The van der Waals surface area contributed by atoms with Crippen LogP contribution < -0.4 is 16.0 Å². The van der Waals surface area contributed by atoms with Crippen LogP contribution in [0.25, 0.3) is 0 Å². The van der Waals surface area contributed by atoms with E-state index in [9.17, 15) is 18.0 Å². The van der Waals surface area contributed by atoms with Gasteiger partial charge >= 0.3 is 0 Å². The number of carbonyl (C=O) groups is 2. The Bertz CT molecular complexity index is 1050. The van der Waals surface area contributed by atoms with E-state index in [-0.39, 0.29) is 29.3 Å². The monoisotopic (exact) mass is 431 g/mol. The number of rotatable bonds is 8. The van der Waals surface area contributed by atoms with Crippen molar-refractivity contribution in [1.29, 1.82) is 0 Å². The number of sulfone groups is 1. The van der Waals surface area contributed by atoms with Gasteiger partial charge in [-0.1, -0.05) is 25.1 Å². The standard InChI is InChI=1S/C22H29N3O4S/c1-6-15(3)24-22(27)17-9-7-8-10-19(17)25-20(26)13-23-18-12-11-14(2)21(16(18)4)30(5,28)29/h7-12,15,23H,6,13H2,1-5H3,(H,24,27)(H,25,26). The molecule has 0 aliphatic carbocycles. The van der Waals surface area contributed by atoms with E-state index in [4.69, 9.17) is 0 Å². The molecular weight excluding hydrogens is 402 g/mol. The topological polar surface area (TPSA) is 104 Å². The number of anilines is 2. The highest BCUT2D eigenvalue weighted by Crippen LogP contribution is 2.26. The van der Waals surface area contributed by atoms with Crippen molar-refractivity contribution in [1.82, 2.24) is 5.32 Å². The minimum Gasteiger partial charge on any atom is -0.376 e. The highest BCUT2D eigenvalue weighted by atomic mass is 32.2. The summed E-state index contributed by atoms with van der Waals surface area (Å²) in [4.78, 5) is 25.2. The molecule has 2 aromatic carbocycles. The van der Waals surface area contributed by atoms with Crippen LogP contribution in [0.4, 0.5) is 11.4 Å². The summed E-state index contributed by atoms with van der Waals surface area (Å²) in [5.41, 5.74) is 2.60.